The first-order chi connectivity index (χ1) is 16.0. The first-order valence-corrected chi connectivity index (χ1v) is 11.1. The Morgan fingerprint density at radius 2 is 1.74 bits per heavy atom. The van der Waals surface area contributed by atoms with Gasteiger partial charge in [-0.3, -0.25) is 9.59 Å². The highest BCUT2D eigenvalue weighted by Gasteiger charge is 2.51. The lowest BCUT2D eigenvalue weighted by Crippen LogP contribution is -2.44. The van der Waals surface area contributed by atoms with Gasteiger partial charge in [0.1, 0.15) is 0 Å². The molecular formula is C21H16F3NO8S. The summed E-state index contributed by atoms with van der Waals surface area (Å²) in [6.45, 7) is 1.84. The van der Waals surface area contributed by atoms with Crippen molar-refractivity contribution in [1.82, 2.24) is 5.06 Å². The van der Waals surface area contributed by atoms with Gasteiger partial charge in [0.25, 0.3) is 11.8 Å². The maximum atomic E-state index is 12.7. The number of hydroxylamine groups is 2. The number of alkyl halides is 3. The molecule has 0 atom stereocenters. The van der Waals surface area contributed by atoms with Crippen molar-refractivity contribution in [3.63, 3.8) is 0 Å². The van der Waals surface area contributed by atoms with E-state index in [1.807, 2.05) is 6.92 Å². The van der Waals surface area contributed by atoms with Crippen LogP contribution in [0.4, 0.5) is 18.0 Å². The third-order valence-electron chi connectivity index (χ3n) is 4.53. The number of ether oxygens (including phenoxy) is 2. The van der Waals surface area contributed by atoms with Gasteiger partial charge in [-0.05, 0) is 30.0 Å². The molecule has 0 saturated heterocycles. The highest BCUT2D eigenvalue weighted by molar-refractivity contribution is 7.87. The van der Waals surface area contributed by atoms with E-state index < -0.39 is 38.7 Å². The van der Waals surface area contributed by atoms with E-state index in [0.29, 0.717) is 17.4 Å². The van der Waals surface area contributed by atoms with Crippen LogP contribution in [-0.2, 0) is 23.9 Å². The molecule has 180 valence electrons. The van der Waals surface area contributed by atoms with E-state index in [0.717, 1.165) is 6.42 Å². The van der Waals surface area contributed by atoms with Crippen LogP contribution in [0.3, 0.4) is 0 Å². The Labute approximate surface area is 191 Å². The Kier molecular flexibility index (Phi) is 7.13. The fraction of sp³-hybridized carbons (Fsp3) is 0.286. The van der Waals surface area contributed by atoms with Gasteiger partial charge in [-0.25, -0.2) is 4.79 Å². The molecule has 2 aromatic carbocycles. The summed E-state index contributed by atoms with van der Waals surface area (Å²) in [5, 5.41) is -0.0787. The van der Waals surface area contributed by atoms with Gasteiger partial charge >= 0.3 is 21.8 Å². The lowest BCUT2D eigenvalue weighted by atomic mass is 9.92. The van der Waals surface area contributed by atoms with Crippen LogP contribution in [0, 0.1) is 11.8 Å². The average Bonchev–Trinajstić information content (AvgIpc) is 2.77. The molecule has 1 aliphatic heterocycles. The van der Waals surface area contributed by atoms with Crippen LogP contribution < -0.4 is 0 Å². The molecule has 0 aliphatic carbocycles. The van der Waals surface area contributed by atoms with Crippen LogP contribution in [-0.4, -0.2) is 50.2 Å². The van der Waals surface area contributed by atoms with E-state index in [4.69, 9.17) is 9.47 Å². The smallest absolute Gasteiger partial charge is 0.434 e. The monoisotopic (exact) mass is 499 g/mol. The molecule has 0 unspecified atom stereocenters. The number of halogens is 3. The lowest BCUT2D eigenvalue weighted by Gasteiger charge is -2.25. The van der Waals surface area contributed by atoms with Crippen molar-refractivity contribution in [2.24, 2.45) is 0 Å². The van der Waals surface area contributed by atoms with Gasteiger partial charge in [0, 0.05) is 10.9 Å². The standard InChI is InChI=1S/C21H16F3NO8S/c1-2-3-11-31-20(28)32-12-5-6-13-9-10-16-17-14(13)7-4-8-15(17)18(26)25(19(16)27)33-34(29,30)21(22,23)24/h4,7-10H,2-3,11-12H2,1H3. The normalized spacial score (nSPS) is 13.5. The van der Waals surface area contributed by atoms with E-state index in [2.05, 4.69) is 16.1 Å². The zero-order chi connectivity index (χ0) is 25.1. The number of imide groups is 1. The number of benzene rings is 2. The van der Waals surface area contributed by atoms with Crippen molar-refractivity contribution >= 4 is 38.9 Å². The molecule has 2 aromatic rings. The summed E-state index contributed by atoms with van der Waals surface area (Å²) >= 11 is 0. The molecule has 0 saturated carbocycles. The largest absolute Gasteiger partial charge is 0.525 e. The molecule has 0 N–H and O–H groups in total. The van der Waals surface area contributed by atoms with Gasteiger partial charge in [0.15, 0.2) is 6.61 Å². The molecule has 3 rings (SSSR count). The summed E-state index contributed by atoms with van der Waals surface area (Å²) in [7, 11) is -6.26. The van der Waals surface area contributed by atoms with Crippen LogP contribution in [0.2, 0.25) is 0 Å². The number of carbonyl (C=O) groups excluding carboxylic acids is 3. The quantitative estimate of drug-likeness (QED) is 0.195. The van der Waals surface area contributed by atoms with Gasteiger partial charge in [-0.2, -0.15) is 21.6 Å². The fourth-order valence-corrected chi connectivity index (χ4v) is 3.38. The molecule has 0 fully saturated rings. The number of nitrogens with zero attached hydrogens (tertiary/aromatic N) is 1. The number of hydrogen-bond acceptors (Lipinski definition) is 8. The molecule has 1 heterocycles. The van der Waals surface area contributed by atoms with Crippen LogP contribution in [0.5, 0.6) is 0 Å². The molecule has 0 aromatic heterocycles. The summed E-state index contributed by atoms with van der Waals surface area (Å²) in [6, 6.07) is 6.59. The Balaban J connectivity index is 1.88. The molecule has 0 bridgehead atoms. The van der Waals surface area contributed by atoms with E-state index in [1.54, 1.807) is 0 Å². The van der Waals surface area contributed by atoms with Gasteiger partial charge in [0.05, 0.1) is 17.7 Å². The Morgan fingerprint density at radius 3 is 2.38 bits per heavy atom. The van der Waals surface area contributed by atoms with Gasteiger partial charge in [-0.15, -0.1) is 9.35 Å². The van der Waals surface area contributed by atoms with E-state index in [9.17, 15) is 36.0 Å². The Bertz CT molecular complexity index is 1300. The predicted molar refractivity (Wildman–Crippen MR) is 110 cm³/mol. The first-order valence-electron chi connectivity index (χ1n) is 9.71. The van der Waals surface area contributed by atoms with Gasteiger partial charge in [-0.1, -0.05) is 37.3 Å². The number of carbonyl (C=O) groups is 3. The second kappa shape index (κ2) is 9.70. The van der Waals surface area contributed by atoms with Gasteiger partial charge in [0.2, 0.25) is 0 Å². The number of rotatable bonds is 6. The Morgan fingerprint density at radius 1 is 1.06 bits per heavy atom. The van der Waals surface area contributed by atoms with Crippen molar-refractivity contribution in [3.05, 3.63) is 47.0 Å². The van der Waals surface area contributed by atoms with Crippen LogP contribution >= 0.6 is 0 Å². The van der Waals surface area contributed by atoms with E-state index in [-0.39, 0.29) is 29.7 Å². The van der Waals surface area contributed by atoms with E-state index >= 15 is 0 Å². The minimum atomic E-state index is -6.26. The SMILES string of the molecule is CCCCOC(=O)OCC#Cc1ccc2c3c(cccc13)C(=O)N(OS(=O)(=O)C(F)(F)F)C2=O. The van der Waals surface area contributed by atoms with Crippen molar-refractivity contribution < 1.29 is 49.7 Å². The fourth-order valence-electron chi connectivity index (χ4n) is 2.96. The third-order valence-corrected chi connectivity index (χ3v) is 5.44. The summed E-state index contributed by atoms with van der Waals surface area (Å²) in [4.78, 5) is 36.7. The van der Waals surface area contributed by atoms with Crippen molar-refractivity contribution in [1.29, 1.82) is 0 Å². The lowest BCUT2D eigenvalue weighted by molar-refractivity contribution is -0.0761. The maximum Gasteiger partial charge on any atom is 0.525 e. The average molecular weight is 499 g/mol. The highest BCUT2D eigenvalue weighted by Crippen LogP contribution is 2.34. The number of unbranched alkanes of at least 4 members (excludes halogenated alkanes) is 1. The molecule has 34 heavy (non-hydrogen) atoms. The molecule has 1 aliphatic rings. The van der Waals surface area contributed by atoms with Crippen molar-refractivity contribution in [3.8, 4) is 11.8 Å². The van der Waals surface area contributed by atoms with Crippen molar-refractivity contribution in [2.45, 2.75) is 25.3 Å². The van der Waals surface area contributed by atoms with Crippen LogP contribution in [0.1, 0.15) is 46.0 Å². The van der Waals surface area contributed by atoms with Crippen LogP contribution in [0.25, 0.3) is 10.8 Å². The zero-order valence-corrected chi connectivity index (χ0v) is 18.3. The summed E-state index contributed by atoms with van der Waals surface area (Å²) in [5.74, 6) is 2.52. The number of hydrogen-bond donors (Lipinski definition) is 0. The zero-order valence-electron chi connectivity index (χ0n) is 17.5. The number of amides is 2. The summed E-state index contributed by atoms with van der Waals surface area (Å²) in [5.41, 5.74) is -6.04. The second-order valence-electron chi connectivity index (χ2n) is 6.81. The molecule has 0 spiro atoms. The molecule has 0 radical (unpaired) electrons. The predicted octanol–water partition coefficient (Wildman–Crippen LogP) is 3.52. The minimum absolute atomic E-state index is 0.0634. The summed E-state index contributed by atoms with van der Waals surface area (Å²) in [6.07, 6.45) is 0.638. The topological polar surface area (TPSA) is 116 Å². The molecule has 9 nitrogen and oxygen atoms in total. The molecule has 13 heteroatoms. The molecular weight excluding hydrogens is 483 g/mol. The first kappa shape index (κ1) is 25.0. The van der Waals surface area contributed by atoms with Gasteiger partial charge < -0.3 is 9.47 Å². The van der Waals surface area contributed by atoms with Crippen LogP contribution in [0.15, 0.2) is 30.3 Å². The maximum absolute atomic E-state index is 12.7. The minimum Gasteiger partial charge on any atom is -0.434 e. The van der Waals surface area contributed by atoms with E-state index in [1.165, 1.54) is 30.3 Å². The third kappa shape index (κ3) is 4.97. The van der Waals surface area contributed by atoms with Crippen molar-refractivity contribution in [2.75, 3.05) is 13.2 Å². The molecule has 2 amide bonds. The Hall–Kier alpha value is -3.63. The highest BCUT2D eigenvalue weighted by atomic mass is 32.2. The second-order valence-corrected chi connectivity index (χ2v) is 8.33. The summed E-state index contributed by atoms with van der Waals surface area (Å²) < 4.78 is 74.1.